The minimum absolute atomic E-state index is 0.00268. The van der Waals surface area contributed by atoms with E-state index < -0.39 is 0 Å². The molecule has 146 valence electrons. The van der Waals surface area contributed by atoms with Gasteiger partial charge >= 0.3 is 0 Å². The fraction of sp³-hybridized carbons (Fsp3) is 0.364. The van der Waals surface area contributed by atoms with Gasteiger partial charge in [-0.15, -0.1) is 11.3 Å². The second kappa shape index (κ2) is 8.71. The van der Waals surface area contributed by atoms with Gasteiger partial charge in [0.05, 0.1) is 34.1 Å². The molecule has 1 aromatic heterocycles. The SMILES string of the molecule is CCOc1ccccc1NC(=O)CN1CCC[C@@H](c2nc3ccccc3s2)C1. The molecule has 0 spiro atoms. The van der Waals surface area contributed by atoms with E-state index in [0.717, 1.165) is 37.1 Å². The summed E-state index contributed by atoms with van der Waals surface area (Å²) < 4.78 is 6.83. The number of carbonyl (C=O) groups excluding carboxylic acids is 1. The summed E-state index contributed by atoms with van der Waals surface area (Å²) in [4.78, 5) is 19.7. The van der Waals surface area contributed by atoms with Crippen molar-refractivity contribution in [2.45, 2.75) is 25.7 Å². The Kier molecular flexibility index (Phi) is 5.88. The third-order valence-corrected chi connectivity index (χ3v) is 6.19. The number of carbonyl (C=O) groups is 1. The number of rotatable bonds is 6. The van der Waals surface area contributed by atoms with Gasteiger partial charge in [0.25, 0.3) is 0 Å². The Morgan fingerprint density at radius 2 is 2.07 bits per heavy atom. The highest BCUT2D eigenvalue weighted by molar-refractivity contribution is 7.18. The lowest BCUT2D eigenvalue weighted by Crippen LogP contribution is -2.39. The molecule has 1 amide bonds. The molecular weight excluding hydrogens is 370 g/mol. The molecule has 1 aliphatic rings. The second-order valence-electron chi connectivity index (χ2n) is 7.07. The lowest BCUT2D eigenvalue weighted by atomic mass is 9.99. The van der Waals surface area contributed by atoms with Crippen molar-refractivity contribution in [2.75, 3.05) is 31.6 Å². The van der Waals surface area contributed by atoms with Crippen LogP contribution >= 0.6 is 11.3 Å². The van der Waals surface area contributed by atoms with E-state index in [4.69, 9.17) is 9.72 Å². The fourth-order valence-electron chi connectivity index (χ4n) is 3.71. The topological polar surface area (TPSA) is 54.5 Å². The zero-order valence-corrected chi connectivity index (χ0v) is 16.9. The van der Waals surface area contributed by atoms with Gasteiger partial charge in [0.2, 0.25) is 5.91 Å². The molecule has 0 unspecified atom stereocenters. The number of nitrogens with one attached hydrogen (secondary N) is 1. The molecule has 28 heavy (non-hydrogen) atoms. The quantitative estimate of drug-likeness (QED) is 0.667. The molecule has 5 nitrogen and oxygen atoms in total. The molecule has 3 aromatic rings. The summed E-state index contributed by atoms with van der Waals surface area (Å²) in [7, 11) is 0. The Hall–Kier alpha value is -2.44. The van der Waals surface area contributed by atoms with E-state index in [1.54, 1.807) is 11.3 Å². The Morgan fingerprint density at radius 1 is 1.25 bits per heavy atom. The van der Waals surface area contributed by atoms with Gasteiger partial charge < -0.3 is 10.1 Å². The van der Waals surface area contributed by atoms with Crippen molar-refractivity contribution >= 4 is 33.1 Å². The maximum atomic E-state index is 12.6. The van der Waals surface area contributed by atoms with Crippen molar-refractivity contribution in [2.24, 2.45) is 0 Å². The predicted octanol–water partition coefficient (Wildman–Crippen LogP) is 4.51. The van der Waals surface area contributed by atoms with Crippen molar-refractivity contribution in [1.82, 2.24) is 9.88 Å². The van der Waals surface area contributed by atoms with Gasteiger partial charge in [-0.2, -0.15) is 0 Å². The summed E-state index contributed by atoms with van der Waals surface area (Å²) in [6.45, 7) is 4.72. The number of ether oxygens (including phenoxy) is 1. The van der Waals surface area contributed by atoms with Crippen LogP contribution in [-0.4, -0.2) is 42.0 Å². The number of anilines is 1. The van der Waals surface area contributed by atoms with E-state index in [0.29, 0.717) is 24.8 Å². The summed E-state index contributed by atoms with van der Waals surface area (Å²) in [5.74, 6) is 1.11. The first-order valence-corrected chi connectivity index (χ1v) is 10.6. The lowest BCUT2D eigenvalue weighted by molar-refractivity contribution is -0.117. The zero-order chi connectivity index (χ0) is 19.3. The number of aromatic nitrogens is 1. The van der Waals surface area contributed by atoms with Crippen LogP contribution in [0, 0.1) is 0 Å². The summed E-state index contributed by atoms with van der Waals surface area (Å²) in [5.41, 5.74) is 1.80. The Morgan fingerprint density at radius 3 is 2.93 bits per heavy atom. The summed E-state index contributed by atoms with van der Waals surface area (Å²) in [6, 6.07) is 15.9. The Bertz CT molecular complexity index is 923. The van der Waals surface area contributed by atoms with E-state index in [1.165, 1.54) is 9.71 Å². The molecule has 1 atom stereocenters. The number of likely N-dealkylation sites (tertiary alicyclic amines) is 1. The summed E-state index contributed by atoms with van der Waals surface area (Å²) in [5, 5.41) is 4.19. The van der Waals surface area contributed by atoms with Crippen LogP contribution in [0.4, 0.5) is 5.69 Å². The van der Waals surface area contributed by atoms with Crippen molar-refractivity contribution < 1.29 is 9.53 Å². The van der Waals surface area contributed by atoms with Gasteiger partial charge in [-0.05, 0) is 50.6 Å². The molecular formula is C22H25N3O2S. The minimum atomic E-state index is -0.00268. The van der Waals surface area contributed by atoms with Gasteiger partial charge in [-0.1, -0.05) is 24.3 Å². The molecule has 2 aromatic carbocycles. The molecule has 0 bridgehead atoms. The van der Waals surface area contributed by atoms with Crippen LogP contribution in [0.15, 0.2) is 48.5 Å². The third kappa shape index (κ3) is 4.34. The monoisotopic (exact) mass is 395 g/mol. The second-order valence-corrected chi connectivity index (χ2v) is 8.13. The van der Waals surface area contributed by atoms with E-state index in [2.05, 4.69) is 28.4 Å². The number of hydrogen-bond acceptors (Lipinski definition) is 5. The van der Waals surface area contributed by atoms with Crippen molar-refractivity contribution in [3.05, 3.63) is 53.5 Å². The average Bonchev–Trinajstić information content (AvgIpc) is 3.14. The molecule has 1 saturated heterocycles. The maximum absolute atomic E-state index is 12.6. The van der Waals surface area contributed by atoms with Crippen molar-refractivity contribution in [3.63, 3.8) is 0 Å². The zero-order valence-electron chi connectivity index (χ0n) is 16.1. The number of thiazole rings is 1. The molecule has 4 rings (SSSR count). The Balaban J connectivity index is 1.39. The lowest BCUT2D eigenvalue weighted by Gasteiger charge is -2.31. The summed E-state index contributed by atoms with van der Waals surface area (Å²) in [6.07, 6.45) is 2.22. The largest absolute Gasteiger partial charge is 0.492 e. The smallest absolute Gasteiger partial charge is 0.238 e. The first-order valence-electron chi connectivity index (χ1n) is 9.82. The van der Waals surface area contributed by atoms with Gasteiger partial charge in [-0.3, -0.25) is 9.69 Å². The van der Waals surface area contributed by atoms with Crippen LogP contribution in [0.1, 0.15) is 30.7 Å². The van der Waals surface area contributed by atoms with E-state index in [9.17, 15) is 4.79 Å². The number of amides is 1. The average molecular weight is 396 g/mol. The molecule has 2 heterocycles. The van der Waals surface area contributed by atoms with E-state index in [1.807, 2.05) is 37.3 Å². The highest BCUT2D eigenvalue weighted by Gasteiger charge is 2.25. The van der Waals surface area contributed by atoms with Gasteiger partial charge in [0, 0.05) is 12.5 Å². The van der Waals surface area contributed by atoms with Crippen LogP contribution in [0.5, 0.6) is 5.75 Å². The van der Waals surface area contributed by atoms with Crippen LogP contribution in [0.2, 0.25) is 0 Å². The van der Waals surface area contributed by atoms with Gasteiger partial charge in [0.1, 0.15) is 5.75 Å². The first-order chi connectivity index (χ1) is 13.7. The van der Waals surface area contributed by atoms with Gasteiger partial charge in [-0.25, -0.2) is 4.98 Å². The maximum Gasteiger partial charge on any atom is 0.238 e. The standard InChI is InChI=1S/C22H25N3O2S/c1-2-27-19-11-5-3-9-17(19)23-21(26)15-25-13-7-8-16(14-25)22-24-18-10-4-6-12-20(18)28-22/h3-6,9-12,16H,2,7-8,13-15H2,1H3,(H,23,26)/t16-/m1/s1. The normalized spacial score (nSPS) is 17.5. The molecule has 1 fully saturated rings. The fourth-order valence-corrected chi connectivity index (χ4v) is 4.80. The van der Waals surface area contributed by atoms with Crippen molar-refractivity contribution in [3.8, 4) is 5.75 Å². The summed E-state index contributed by atoms with van der Waals surface area (Å²) >= 11 is 1.78. The highest BCUT2D eigenvalue weighted by Crippen LogP contribution is 2.33. The van der Waals surface area contributed by atoms with Crippen LogP contribution < -0.4 is 10.1 Å². The third-order valence-electron chi connectivity index (χ3n) is 4.99. The molecule has 0 radical (unpaired) electrons. The van der Waals surface area contributed by atoms with Gasteiger partial charge in [0.15, 0.2) is 0 Å². The number of piperidine rings is 1. The molecule has 1 aliphatic heterocycles. The minimum Gasteiger partial charge on any atom is -0.492 e. The number of hydrogen-bond donors (Lipinski definition) is 1. The number of fused-ring (bicyclic) bond motifs is 1. The number of nitrogens with zero attached hydrogens (tertiary/aromatic N) is 2. The molecule has 1 N–H and O–H groups in total. The Labute approximate surface area is 169 Å². The van der Waals surface area contributed by atoms with E-state index in [-0.39, 0.29) is 5.91 Å². The van der Waals surface area contributed by atoms with E-state index >= 15 is 0 Å². The predicted molar refractivity (Wildman–Crippen MR) is 114 cm³/mol. The number of para-hydroxylation sites is 3. The van der Waals surface area contributed by atoms with Crippen LogP contribution in [0.3, 0.4) is 0 Å². The highest BCUT2D eigenvalue weighted by atomic mass is 32.1. The molecule has 6 heteroatoms. The van der Waals surface area contributed by atoms with Crippen LogP contribution in [0.25, 0.3) is 10.2 Å². The molecule has 0 aliphatic carbocycles. The number of benzene rings is 2. The first kappa shape index (κ1) is 18.9. The molecule has 0 saturated carbocycles. The van der Waals surface area contributed by atoms with Crippen molar-refractivity contribution in [1.29, 1.82) is 0 Å². The van der Waals surface area contributed by atoms with Crippen LogP contribution in [-0.2, 0) is 4.79 Å².